The van der Waals surface area contributed by atoms with Crippen LogP contribution in [0.1, 0.15) is 26.3 Å². The van der Waals surface area contributed by atoms with Crippen LogP contribution in [0.5, 0.6) is 0 Å². The number of carbonyl (C=O) groups is 1. The summed E-state index contributed by atoms with van der Waals surface area (Å²) in [6.45, 7) is 7.48. The average molecular weight is 385 g/mol. The summed E-state index contributed by atoms with van der Waals surface area (Å²) >= 11 is 0. The van der Waals surface area contributed by atoms with Crippen molar-refractivity contribution in [2.75, 3.05) is 26.2 Å². The first-order valence-corrected chi connectivity index (χ1v) is 9.58. The number of benzene rings is 1. The molecular formula is C16H23N3O6S. The van der Waals surface area contributed by atoms with Gasteiger partial charge in [0.2, 0.25) is 10.0 Å². The number of piperazine rings is 1. The number of non-ortho nitro benzene ring substituents is 1. The van der Waals surface area contributed by atoms with E-state index in [0.29, 0.717) is 5.56 Å². The molecule has 0 radical (unpaired) electrons. The number of rotatable bonds is 3. The Morgan fingerprint density at radius 2 is 1.73 bits per heavy atom. The molecule has 144 valence electrons. The molecule has 9 nitrogen and oxygen atoms in total. The van der Waals surface area contributed by atoms with Gasteiger partial charge in [-0.05, 0) is 39.3 Å². The van der Waals surface area contributed by atoms with E-state index in [1.807, 2.05) is 0 Å². The maximum absolute atomic E-state index is 12.8. The number of carbonyl (C=O) groups excluding carboxylic acids is 1. The molecule has 1 fully saturated rings. The summed E-state index contributed by atoms with van der Waals surface area (Å²) in [6.07, 6.45) is -0.485. The molecule has 1 aromatic carbocycles. The third-order valence-electron chi connectivity index (χ3n) is 3.77. The highest BCUT2D eigenvalue weighted by atomic mass is 32.2. The van der Waals surface area contributed by atoms with E-state index in [9.17, 15) is 23.3 Å². The highest BCUT2D eigenvalue weighted by Gasteiger charge is 2.32. The van der Waals surface area contributed by atoms with Crippen LogP contribution in [0.4, 0.5) is 10.5 Å². The van der Waals surface area contributed by atoms with Crippen molar-refractivity contribution < 1.29 is 22.9 Å². The molecule has 0 N–H and O–H groups in total. The molecule has 1 aliphatic heterocycles. The second-order valence-corrected chi connectivity index (χ2v) is 9.07. The summed E-state index contributed by atoms with van der Waals surface area (Å²) in [5.74, 6) is 0. The third kappa shape index (κ3) is 4.70. The van der Waals surface area contributed by atoms with E-state index in [4.69, 9.17) is 4.74 Å². The van der Waals surface area contributed by atoms with E-state index in [1.165, 1.54) is 21.3 Å². The molecule has 0 saturated carbocycles. The molecule has 0 spiro atoms. The largest absolute Gasteiger partial charge is 0.444 e. The van der Waals surface area contributed by atoms with Gasteiger partial charge in [0.25, 0.3) is 5.69 Å². The van der Waals surface area contributed by atoms with Crippen molar-refractivity contribution in [3.63, 3.8) is 0 Å². The molecular weight excluding hydrogens is 362 g/mol. The van der Waals surface area contributed by atoms with E-state index >= 15 is 0 Å². The molecule has 0 aliphatic carbocycles. The fourth-order valence-electron chi connectivity index (χ4n) is 2.57. The monoisotopic (exact) mass is 385 g/mol. The van der Waals surface area contributed by atoms with Crippen LogP contribution in [0.2, 0.25) is 0 Å². The van der Waals surface area contributed by atoms with Gasteiger partial charge in [-0.25, -0.2) is 13.2 Å². The number of aryl methyl sites for hydroxylation is 1. The smallest absolute Gasteiger partial charge is 0.410 e. The topological polar surface area (TPSA) is 110 Å². The Bertz CT molecular complexity index is 808. The van der Waals surface area contributed by atoms with Crippen molar-refractivity contribution >= 4 is 21.8 Å². The van der Waals surface area contributed by atoms with Gasteiger partial charge >= 0.3 is 6.09 Å². The van der Waals surface area contributed by atoms with Crippen LogP contribution >= 0.6 is 0 Å². The summed E-state index contributed by atoms with van der Waals surface area (Å²) in [5.41, 5.74) is -0.401. The lowest BCUT2D eigenvalue weighted by molar-refractivity contribution is -0.385. The number of nitro groups is 1. The first-order chi connectivity index (χ1) is 11.9. The molecule has 0 unspecified atom stereocenters. The highest BCUT2D eigenvalue weighted by molar-refractivity contribution is 7.89. The van der Waals surface area contributed by atoms with Crippen LogP contribution in [-0.4, -0.2) is 60.4 Å². The lowest BCUT2D eigenvalue weighted by atomic mass is 10.2. The van der Waals surface area contributed by atoms with Gasteiger partial charge in [0.15, 0.2) is 0 Å². The van der Waals surface area contributed by atoms with Crippen LogP contribution < -0.4 is 0 Å². The van der Waals surface area contributed by atoms with Crippen molar-refractivity contribution in [1.29, 1.82) is 0 Å². The van der Waals surface area contributed by atoms with E-state index in [-0.39, 0.29) is 36.8 Å². The molecule has 26 heavy (non-hydrogen) atoms. The molecule has 0 aromatic heterocycles. The van der Waals surface area contributed by atoms with Crippen LogP contribution in [-0.2, 0) is 14.8 Å². The quantitative estimate of drug-likeness (QED) is 0.582. The number of hydrogen-bond donors (Lipinski definition) is 0. The average Bonchev–Trinajstić information content (AvgIpc) is 2.52. The number of amides is 1. The third-order valence-corrected chi connectivity index (χ3v) is 5.65. The Hall–Kier alpha value is -2.20. The Morgan fingerprint density at radius 1 is 1.15 bits per heavy atom. The second-order valence-electron chi connectivity index (χ2n) is 7.13. The van der Waals surface area contributed by atoms with Crippen LogP contribution in [0.25, 0.3) is 0 Å². The van der Waals surface area contributed by atoms with Gasteiger partial charge in [0, 0.05) is 38.3 Å². The summed E-state index contributed by atoms with van der Waals surface area (Å²) in [5, 5.41) is 11.0. The SMILES string of the molecule is Cc1cc([N+](=O)[O-])cc(S(=O)(=O)N2CCN(C(=O)OC(C)(C)C)CC2)c1. The van der Waals surface area contributed by atoms with Gasteiger partial charge in [0.05, 0.1) is 9.82 Å². The van der Waals surface area contributed by atoms with E-state index in [1.54, 1.807) is 27.7 Å². The number of ether oxygens (including phenoxy) is 1. The minimum absolute atomic E-state index is 0.101. The minimum Gasteiger partial charge on any atom is -0.444 e. The molecule has 1 saturated heterocycles. The zero-order valence-corrected chi connectivity index (χ0v) is 16.1. The Labute approximate surface area is 152 Å². The number of hydrogen-bond acceptors (Lipinski definition) is 6. The predicted molar refractivity (Wildman–Crippen MR) is 94.4 cm³/mol. The first kappa shape index (κ1) is 20.1. The van der Waals surface area contributed by atoms with Crippen molar-refractivity contribution in [3.05, 3.63) is 33.9 Å². The van der Waals surface area contributed by atoms with Crippen molar-refractivity contribution in [1.82, 2.24) is 9.21 Å². The zero-order valence-electron chi connectivity index (χ0n) is 15.3. The van der Waals surface area contributed by atoms with Gasteiger partial charge in [-0.3, -0.25) is 10.1 Å². The molecule has 1 aromatic rings. The Balaban J connectivity index is 2.13. The lowest BCUT2D eigenvalue weighted by Crippen LogP contribution is -2.51. The first-order valence-electron chi connectivity index (χ1n) is 8.14. The maximum Gasteiger partial charge on any atom is 0.410 e. The van der Waals surface area contributed by atoms with Crippen LogP contribution in [0.3, 0.4) is 0 Å². The molecule has 1 amide bonds. The summed E-state index contributed by atoms with van der Waals surface area (Å²) in [7, 11) is -3.87. The number of nitro benzene ring substituents is 1. The molecule has 0 bridgehead atoms. The summed E-state index contributed by atoms with van der Waals surface area (Å²) in [4.78, 5) is 23.8. The number of sulfonamides is 1. The highest BCUT2D eigenvalue weighted by Crippen LogP contribution is 2.24. The van der Waals surface area contributed by atoms with E-state index in [2.05, 4.69) is 0 Å². The van der Waals surface area contributed by atoms with E-state index < -0.39 is 26.6 Å². The van der Waals surface area contributed by atoms with Crippen molar-refractivity contribution in [2.24, 2.45) is 0 Å². The van der Waals surface area contributed by atoms with Gasteiger partial charge < -0.3 is 9.64 Å². The van der Waals surface area contributed by atoms with Crippen molar-refractivity contribution in [3.8, 4) is 0 Å². The Kier molecular flexibility index (Phi) is 5.57. The minimum atomic E-state index is -3.87. The molecule has 1 heterocycles. The fraction of sp³-hybridized carbons (Fsp3) is 0.562. The van der Waals surface area contributed by atoms with Crippen molar-refractivity contribution in [2.45, 2.75) is 38.2 Å². The molecule has 1 aliphatic rings. The zero-order chi connectivity index (χ0) is 19.7. The van der Waals surface area contributed by atoms with Gasteiger partial charge in [-0.1, -0.05) is 0 Å². The normalized spacial score (nSPS) is 16.4. The standard InChI is InChI=1S/C16H23N3O6S/c1-12-9-13(19(21)22)11-14(10-12)26(23,24)18-7-5-17(6-8-18)15(20)25-16(2,3)4/h9-11H,5-8H2,1-4H3. The molecule has 2 rings (SSSR count). The molecule has 10 heteroatoms. The van der Waals surface area contributed by atoms with E-state index in [0.717, 1.165) is 6.07 Å². The van der Waals surface area contributed by atoms with Gasteiger partial charge in [-0.15, -0.1) is 0 Å². The summed E-state index contributed by atoms with van der Waals surface area (Å²) < 4.78 is 32.1. The lowest BCUT2D eigenvalue weighted by Gasteiger charge is -2.34. The number of nitrogens with zero attached hydrogens (tertiary/aromatic N) is 3. The predicted octanol–water partition coefficient (Wildman–Crippen LogP) is 2.14. The Morgan fingerprint density at radius 3 is 2.23 bits per heavy atom. The van der Waals surface area contributed by atoms with Gasteiger partial charge in [-0.2, -0.15) is 4.31 Å². The van der Waals surface area contributed by atoms with Crippen LogP contribution in [0, 0.1) is 17.0 Å². The molecule has 0 atom stereocenters. The fourth-order valence-corrected chi connectivity index (χ4v) is 4.12. The van der Waals surface area contributed by atoms with Crippen LogP contribution in [0.15, 0.2) is 23.1 Å². The van der Waals surface area contributed by atoms with Gasteiger partial charge in [0.1, 0.15) is 5.60 Å². The maximum atomic E-state index is 12.8. The second kappa shape index (κ2) is 7.20. The summed E-state index contributed by atoms with van der Waals surface area (Å²) in [6, 6.07) is 3.78.